The minimum absolute atomic E-state index is 0.159. The molecule has 1 atom stereocenters. The van der Waals surface area contributed by atoms with E-state index in [0.717, 1.165) is 0 Å². The van der Waals surface area contributed by atoms with Crippen molar-refractivity contribution in [2.24, 2.45) is 5.41 Å². The van der Waals surface area contributed by atoms with Crippen molar-refractivity contribution in [3.63, 3.8) is 0 Å². The van der Waals surface area contributed by atoms with Crippen LogP contribution in [0.2, 0.25) is 0 Å². The van der Waals surface area contributed by atoms with Crippen molar-refractivity contribution in [1.29, 1.82) is 0 Å². The van der Waals surface area contributed by atoms with E-state index >= 15 is 0 Å². The molecule has 2 N–H and O–H groups in total. The predicted octanol–water partition coefficient (Wildman–Crippen LogP) is 1.79. The molecule has 2 aromatic rings. The maximum Gasteiger partial charge on any atom is 0.252 e. The average Bonchev–Trinajstić information content (AvgIpc) is 2.98. The summed E-state index contributed by atoms with van der Waals surface area (Å²) in [5.41, 5.74) is 0.352. The second kappa shape index (κ2) is 6.70. The van der Waals surface area contributed by atoms with Crippen LogP contribution in [0.1, 0.15) is 37.6 Å². The van der Waals surface area contributed by atoms with Gasteiger partial charge in [-0.3, -0.25) is 9.36 Å². The van der Waals surface area contributed by atoms with Crippen molar-refractivity contribution >= 4 is 5.91 Å². The number of hydrogen-bond acceptors (Lipinski definition) is 4. The van der Waals surface area contributed by atoms with E-state index in [0.29, 0.717) is 24.3 Å². The fraction of sp³-hybridized carbons (Fsp3) is 0.438. The fourth-order valence-electron chi connectivity index (χ4n) is 2.36. The lowest BCUT2D eigenvalue weighted by molar-refractivity contribution is 0.0901. The molecule has 0 saturated heterocycles. The van der Waals surface area contributed by atoms with Crippen molar-refractivity contribution in [2.45, 2.75) is 33.3 Å². The predicted molar refractivity (Wildman–Crippen MR) is 83.8 cm³/mol. The highest BCUT2D eigenvalue weighted by atomic mass is 16.3. The standard InChI is InChI=1S/C16H22N4O2/c1-12(21)8-16(2,3)10-19-15(22)13-4-5-14(18-9-13)20-7-6-17-11-20/h4-7,9,11-12,21H,8,10H2,1-3H3,(H,19,22). The van der Waals surface area contributed by atoms with E-state index in [1.54, 1.807) is 48.5 Å². The van der Waals surface area contributed by atoms with E-state index in [4.69, 9.17) is 0 Å². The van der Waals surface area contributed by atoms with Gasteiger partial charge in [0.2, 0.25) is 0 Å². The first-order chi connectivity index (χ1) is 10.4. The molecule has 0 saturated carbocycles. The quantitative estimate of drug-likeness (QED) is 0.852. The average molecular weight is 302 g/mol. The molecular formula is C16H22N4O2. The van der Waals surface area contributed by atoms with Gasteiger partial charge in [0.05, 0.1) is 11.7 Å². The second-order valence-corrected chi connectivity index (χ2v) is 6.28. The fourth-order valence-corrected chi connectivity index (χ4v) is 2.36. The zero-order valence-corrected chi connectivity index (χ0v) is 13.2. The topological polar surface area (TPSA) is 80.0 Å². The molecule has 2 heterocycles. The van der Waals surface area contributed by atoms with E-state index < -0.39 is 0 Å². The number of carbonyl (C=O) groups excluding carboxylic acids is 1. The summed E-state index contributed by atoms with van der Waals surface area (Å²) in [7, 11) is 0. The maximum absolute atomic E-state index is 12.1. The van der Waals surface area contributed by atoms with E-state index in [9.17, 15) is 9.90 Å². The first-order valence-corrected chi connectivity index (χ1v) is 7.28. The molecular weight excluding hydrogens is 280 g/mol. The van der Waals surface area contributed by atoms with E-state index in [2.05, 4.69) is 15.3 Å². The zero-order chi connectivity index (χ0) is 16.2. The highest BCUT2D eigenvalue weighted by Crippen LogP contribution is 2.21. The summed E-state index contributed by atoms with van der Waals surface area (Å²) in [6, 6.07) is 3.51. The molecule has 0 aliphatic heterocycles. The normalized spacial score (nSPS) is 12.9. The number of imidazole rings is 1. The van der Waals surface area contributed by atoms with E-state index in [1.165, 1.54) is 0 Å². The molecule has 0 spiro atoms. The maximum atomic E-state index is 12.1. The lowest BCUT2D eigenvalue weighted by Gasteiger charge is -2.26. The molecule has 6 heteroatoms. The molecule has 22 heavy (non-hydrogen) atoms. The molecule has 2 aromatic heterocycles. The third-order valence-corrected chi connectivity index (χ3v) is 3.35. The minimum Gasteiger partial charge on any atom is -0.393 e. The summed E-state index contributed by atoms with van der Waals surface area (Å²) in [5, 5.41) is 12.4. The van der Waals surface area contributed by atoms with Gasteiger partial charge in [-0.15, -0.1) is 0 Å². The summed E-state index contributed by atoms with van der Waals surface area (Å²) >= 11 is 0. The van der Waals surface area contributed by atoms with E-state index in [-0.39, 0.29) is 17.4 Å². The van der Waals surface area contributed by atoms with Gasteiger partial charge < -0.3 is 10.4 Å². The van der Waals surface area contributed by atoms with Crippen LogP contribution in [0.25, 0.3) is 5.82 Å². The Hall–Kier alpha value is -2.21. The first kappa shape index (κ1) is 16.2. The first-order valence-electron chi connectivity index (χ1n) is 7.28. The molecule has 2 rings (SSSR count). The molecule has 0 bridgehead atoms. The van der Waals surface area contributed by atoms with Gasteiger partial charge in [-0.2, -0.15) is 0 Å². The van der Waals surface area contributed by atoms with Crippen LogP contribution in [0, 0.1) is 5.41 Å². The lowest BCUT2D eigenvalue weighted by Crippen LogP contribution is -2.35. The van der Waals surface area contributed by atoms with Crippen LogP contribution in [0.4, 0.5) is 0 Å². The largest absolute Gasteiger partial charge is 0.393 e. The second-order valence-electron chi connectivity index (χ2n) is 6.28. The Morgan fingerprint density at radius 1 is 1.45 bits per heavy atom. The molecule has 6 nitrogen and oxygen atoms in total. The molecule has 0 aliphatic rings. The highest BCUT2D eigenvalue weighted by molar-refractivity contribution is 5.93. The molecule has 0 aromatic carbocycles. The molecule has 0 fully saturated rings. The number of aromatic nitrogens is 3. The van der Waals surface area contributed by atoms with Crippen molar-refractivity contribution < 1.29 is 9.90 Å². The number of rotatable bonds is 6. The van der Waals surface area contributed by atoms with Gasteiger partial charge >= 0.3 is 0 Å². The molecule has 0 aliphatic carbocycles. The van der Waals surface area contributed by atoms with E-state index in [1.807, 2.05) is 13.8 Å². The summed E-state index contributed by atoms with van der Waals surface area (Å²) < 4.78 is 1.77. The number of carbonyl (C=O) groups is 1. The Morgan fingerprint density at radius 3 is 2.77 bits per heavy atom. The SMILES string of the molecule is CC(O)CC(C)(C)CNC(=O)c1ccc(-n2ccnc2)nc1. The third kappa shape index (κ3) is 4.39. The number of pyridine rings is 1. The van der Waals surface area contributed by atoms with Crippen LogP contribution in [0.5, 0.6) is 0 Å². The Labute approximate surface area is 130 Å². The van der Waals surface area contributed by atoms with Crippen molar-refractivity contribution in [1.82, 2.24) is 19.9 Å². The molecule has 1 amide bonds. The van der Waals surface area contributed by atoms with Gasteiger partial charge in [-0.1, -0.05) is 13.8 Å². The third-order valence-electron chi connectivity index (χ3n) is 3.35. The zero-order valence-electron chi connectivity index (χ0n) is 13.2. The lowest BCUT2D eigenvalue weighted by atomic mass is 9.87. The highest BCUT2D eigenvalue weighted by Gasteiger charge is 2.21. The number of hydrogen-bond donors (Lipinski definition) is 2. The van der Waals surface area contributed by atoms with Gasteiger partial charge in [0.25, 0.3) is 5.91 Å². The van der Waals surface area contributed by atoms with Crippen LogP contribution in [0.3, 0.4) is 0 Å². The van der Waals surface area contributed by atoms with Crippen LogP contribution < -0.4 is 5.32 Å². The summed E-state index contributed by atoms with van der Waals surface area (Å²) in [6.45, 7) is 6.28. The number of aliphatic hydroxyl groups is 1. The number of nitrogens with zero attached hydrogens (tertiary/aromatic N) is 3. The van der Waals surface area contributed by atoms with Crippen LogP contribution in [0.15, 0.2) is 37.1 Å². The van der Waals surface area contributed by atoms with Crippen LogP contribution in [-0.4, -0.2) is 38.2 Å². The van der Waals surface area contributed by atoms with Gasteiger partial charge in [0.15, 0.2) is 0 Å². The Kier molecular flexibility index (Phi) is 4.92. The molecule has 1 unspecified atom stereocenters. The number of amides is 1. The van der Waals surface area contributed by atoms with Gasteiger partial charge in [0, 0.05) is 25.1 Å². The Bertz CT molecular complexity index is 604. The minimum atomic E-state index is -0.386. The summed E-state index contributed by atoms with van der Waals surface area (Å²) in [4.78, 5) is 20.4. The Morgan fingerprint density at radius 2 is 2.23 bits per heavy atom. The van der Waals surface area contributed by atoms with Crippen LogP contribution in [-0.2, 0) is 0 Å². The smallest absolute Gasteiger partial charge is 0.252 e. The molecule has 0 radical (unpaired) electrons. The van der Waals surface area contributed by atoms with Gasteiger partial charge in [-0.05, 0) is 30.9 Å². The summed E-state index contributed by atoms with van der Waals surface area (Å²) in [5.74, 6) is 0.548. The molecule has 118 valence electrons. The van der Waals surface area contributed by atoms with Gasteiger partial charge in [-0.25, -0.2) is 9.97 Å². The van der Waals surface area contributed by atoms with Crippen molar-refractivity contribution in [3.05, 3.63) is 42.6 Å². The Balaban J connectivity index is 1.96. The van der Waals surface area contributed by atoms with Crippen molar-refractivity contribution in [3.8, 4) is 5.82 Å². The monoisotopic (exact) mass is 302 g/mol. The number of nitrogens with one attached hydrogen (secondary N) is 1. The van der Waals surface area contributed by atoms with Crippen molar-refractivity contribution in [2.75, 3.05) is 6.54 Å². The van der Waals surface area contributed by atoms with Gasteiger partial charge in [0.1, 0.15) is 12.1 Å². The summed E-state index contributed by atoms with van der Waals surface area (Å²) in [6.07, 6.45) is 6.91. The van der Waals surface area contributed by atoms with Crippen LogP contribution >= 0.6 is 0 Å². The number of aliphatic hydroxyl groups excluding tert-OH is 1.